The smallest absolute Gasteiger partial charge is 0.241 e. The van der Waals surface area contributed by atoms with Crippen LogP contribution in [0, 0.1) is 0 Å². The number of fused-ring (bicyclic) bond motifs is 1. The predicted octanol–water partition coefficient (Wildman–Crippen LogP) is 2.51. The van der Waals surface area contributed by atoms with Gasteiger partial charge in [-0.3, -0.25) is 4.79 Å². The molecule has 1 atom stereocenters. The molecular formula is C16H16N4O2. The van der Waals surface area contributed by atoms with Crippen LogP contribution in [-0.4, -0.2) is 28.5 Å². The normalized spacial score (nSPS) is 17.9. The SMILES string of the molecule is O=C(Nc1ccc2nc(-c3ccco3)[nH]c2c1)[C@@H]1CCCN1. The first-order valence-electron chi connectivity index (χ1n) is 7.37. The topological polar surface area (TPSA) is 83.0 Å². The lowest BCUT2D eigenvalue weighted by Crippen LogP contribution is -2.35. The molecule has 1 aromatic carbocycles. The second kappa shape index (κ2) is 5.31. The van der Waals surface area contributed by atoms with Gasteiger partial charge in [-0.2, -0.15) is 0 Å². The molecule has 1 fully saturated rings. The molecular weight excluding hydrogens is 280 g/mol. The van der Waals surface area contributed by atoms with Crippen LogP contribution in [0.3, 0.4) is 0 Å². The molecule has 1 aliphatic rings. The maximum Gasteiger partial charge on any atom is 0.241 e. The number of hydrogen-bond donors (Lipinski definition) is 3. The molecule has 3 aromatic rings. The second-order valence-electron chi connectivity index (χ2n) is 5.43. The first kappa shape index (κ1) is 13.1. The van der Waals surface area contributed by atoms with Gasteiger partial charge in [-0.25, -0.2) is 4.98 Å². The summed E-state index contributed by atoms with van der Waals surface area (Å²) in [7, 11) is 0. The Labute approximate surface area is 126 Å². The monoisotopic (exact) mass is 296 g/mol. The summed E-state index contributed by atoms with van der Waals surface area (Å²) in [5.41, 5.74) is 2.47. The molecule has 0 spiro atoms. The Morgan fingerprint density at radius 2 is 2.32 bits per heavy atom. The minimum Gasteiger partial charge on any atom is -0.461 e. The summed E-state index contributed by atoms with van der Waals surface area (Å²) in [6, 6.07) is 9.23. The highest BCUT2D eigenvalue weighted by molar-refractivity contribution is 5.96. The Balaban J connectivity index is 1.59. The number of aromatic amines is 1. The molecule has 22 heavy (non-hydrogen) atoms. The molecule has 3 heterocycles. The maximum atomic E-state index is 12.1. The Morgan fingerprint density at radius 3 is 3.09 bits per heavy atom. The number of hydrogen-bond acceptors (Lipinski definition) is 4. The number of imidazole rings is 1. The van der Waals surface area contributed by atoms with Gasteiger partial charge in [0.2, 0.25) is 5.91 Å². The Hall–Kier alpha value is -2.60. The van der Waals surface area contributed by atoms with Crippen molar-refractivity contribution in [3.63, 3.8) is 0 Å². The van der Waals surface area contributed by atoms with Crippen molar-refractivity contribution in [2.24, 2.45) is 0 Å². The van der Waals surface area contributed by atoms with E-state index in [1.165, 1.54) is 0 Å². The summed E-state index contributed by atoms with van der Waals surface area (Å²) in [6.45, 7) is 0.907. The van der Waals surface area contributed by atoms with E-state index in [9.17, 15) is 4.79 Å². The molecule has 0 bridgehead atoms. The van der Waals surface area contributed by atoms with E-state index < -0.39 is 0 Å². The summed E-state index contributed by atoms with van der Waals surface area (Å²) in [5, 5.41) is 6.14. The molecule has 0 unspecified atom stereocenters. The number of carbonyl (C=O) groups excluding carboxylic acids is 1. The van der Waals surface area contributed by atoms with Gasteiger partial charge in [-0.05, 0) is 49.7 Å². The number of nitrogens with zero attached hydrogens (tertiary/aromatic N) is 1. The van der Waals surface area contributed by atoms with E-state index in [1.54, 1.807) is 6.26 Å². The van der Waals surface area contributed by atoms with E-state index in [0.717, 1.165) is 36.1 Å². The lowest BCUT2D eigenvalue weighted by Gasteiger charge is -2.10. The largest absolute Gasteiger partial charge is 0.461 e. The summed E-state index contributed by atoms with van der Waals surface area (Å²) in [4.78, 5) is 19.8. The average molecular weight is 296 g/mol. The number of furan rings is 1. The molecule has 0 saturated carbocycles. The van der Waals surface area contributed by atoms with Crippen molar-refractivity contribution >= 4 is 22.6 Å². The Bertz CT molecular complexity index is 801. The number of nitrogens with one attached hydrogen (secondary N) is 3. The maximum absolute atomic E-state index is 12.1. The molecule has 0 radical (unpaired) electrons. The summed E-state index contributed by atoms with van der Waals surface area (Å²) in [6.07, 6.45) is 3.55. The summed E-state index contributed by atoms with van der Waals surface area (Å²) < 4.78 is 5.34. The fraction of sp³-hybridized carbons (Fsp3) is 0.250. The minimum atomic E-state index is -0.0869. The fourth-order valence-corrected chi connectivity index (χ4v) is 2.76. The fourth-order valence-electron chi connectivity index (χ4n) is 2.76. The third-order valence-electron chi connectivity index (χ3n) is 3.88. The van der Waals surface area contributed by atoms with E-state index in [0.29, 0.717) is 11.6 Å². The minimum absolute atomic E-state index is 0.0163. The molecule has 1 amide bonds. The highest BCUT2D eigenvalue weighted by Crippen LogP contribution is 2.23. The number of H-pyrrole nitrogens is 1. The first-order valence-corrected chi connectivity index (χ1v) is 7.37. The van der Waals surface area contributed by atoms with Gasteiger partial charge < -0.3 is 20.0 Å². The van der Waals surface area contributed by atoms with Crippen LogP contribution in [0.2, 0.25) is 0 Å². The van der Waals surface area contributed by atoms with Gasteiger partial charge >= 0.3 is 0 Å². The van der Waals surface area contributed by atoms with Crippen molar-refractivity contribution in [2.75, 3.05) is 11.9 Å². The lowest BCUT2D eigenvalue weighted by molar-refractivity contribution is -0.117. The van der Waals surface area contributed by atoms with Crippen molar-refractivity contribution in [1.82, 2.24) is 15.3 Å². The van der Waals surface area contributed by atoms with Crippen LogP contribution >= 0.6 is 0 Å². The highest BCUT2D eigenvalue weighted by atomic mass is 16.3. The summed E-state index contributed by atoms with van der Waals surface area (Å²) >= 11 is 0. The standard InChI is InChI=1S/C16H16N4O2/c21-16(12-3-1-7-17-12)18-10-5-6-11-13(9-10)20-15(19-11)14-4-2-8-22-14/h2,4-6,8-9,12,17H,1,3,7H2,(H,18,21)(H,19,20)/t12-/m0/s1. The molecule has 0 aliphatic carbocycles. The van der Waals surface area contributed by atoms with Crippen LogP contribution in [0.1, 0.15) is 12.8 Å². The molecule has 1 aliphatic heterocycles. The van der Waals surface area contributed by atoms with Gasteiger partial charge in [0.25, 0.3) is 0 Å². The molecule has 1 saturated heterocycles. The number of benzene rings is 1. The molecule has 3 N–H and O–H groups in total. The third-order valence-corrected chi connectivity index (χ3v) is 3.88. The van der Waals surface area contributed by atoms with E-state index in [4.69, 9.17) is 4.42 Å². The van der Waals surface area contributed by atoms with Crippen LogP contribution in [0.4, 0.5) is 5.69 Å². The van der Waals surface area contributed by atoms with Crippen molar-refractivity contribution in [1.29, 1.82) is 0 Å². The lowest BCUT2D eigenvalue weighted by atomic mass is 10.2. The van der Waals surface area contributed by atoms with Crippen LogP contribution < -0.4 is 10.6 Å². The molecule has 6 nitrogen and oxygen atoms in total. The van der Waals surface area contributed by atoms with Gasteiger partial charge in [0.1, 0.15) is 0 Å². The summed E-state index contributed by atoms with van der Waals surface area (Å²) in [5.74, 6) is 1.39. The Kier molecular flexibility index (Phi) is 3.16. The number of amides is 1. The van der Waals surface area contributed by atoms with Gasteiger partial charge in [-0.1, -0.05) is 0 Å². The van der Waals surface area contributed by atoms with E-state index in [1.807, 2.05) is 30.3 Å². The quantitative estimate of drug-likeness (QED) is 0.693. The van der Waals surface area contributed by atoms with Crippen molar-refractivity contribution in [3.05, 3.63) is 36.6 Å². The van der Waals surface area contributed by atoms with Crippen molar-refractivity contribution in [2.45, 2.75) is 18.9 Å². The predicted molar refractivity (Wildman–Crippen MR) is 83.5 cm³/mol. The van der Waals surface area contributed by atoms with Gasteiger partial charge in [-0.15, -0.1) is 0 Å². The highest BCUT2D eigenvalue weighted by Gasteiger charge is 2.22. The van der Waals surface area contributed by atoms with Crippen LogP contribution in [0.25, 0.3) is 22.6 Å². The molecule has 2 aromatic heterocycles. The zero-order valence-electron chi connectivity index (χ0n) is 11.9. The van der Waals surface area contributed by atoms with E-state index >= 15 is 0 Å². The van der Waals surface area contributed by atoms with E-state index in [2.05, 4.69) is 20.6 Å². The number of rotatable bonds is 3. The van der Waals surface area contributed by atoms with Gasteiger partial charge in [0, 0.05) is 5.69 Å². The van der Waals surface area contributed by atoms with Crippen LogP contribution in [-0.2, 0) is 4.79 Å². The number of anilines is 1. The molecule has 4 rings (SSSR count). The first-order chi connectivity index (χ1) is 10.8. The number of carbonyl (C=O) groups is 1. The van der Waals surface area contributed by atoms with E-state index in [-0.39, 0.29) is 11.9 Å². The number of aromatic nitrogens is 2. The Morgan fingerprint density at radius 1 is 1.36 bits per heavy atom. The zero-order chi connectivity index (χ0) is 14.9. The van der Waals surface area contributed by atoms with Crippen molar-refractivity contribution < 1.29 is 9.21 Å². The molecule has 112 valence electrons. The molecule has 6 heteroatoms. The van der Waals surface area contributed by atoms with Gasteiger partial charge in [0.15, 0.2) is 11.6 Å². The second-order valence-corrected chi connectivity index (χ2v) is 5.43. The van der Waals surface area contributed by atoms with Crippen LogP contribution in [0.5, 0.6) is 0 Å². The van der Waals surface area contributed by atoms with Crippen molar-refractivity contribution in [3.8, 4) is 11.6 Å². The zero-order valence-corrected chi connectivity index (χ0v) is 11.9. The van der Waals surface area contributed by atoms with Crippen LogP contribution in [0.15, 0.2) is 41.0 Å². The van der Waals surface area contributed by atoms with Gasteiger partial charge in [0.05, 0.1) is 23.3 Å². The average Bonchev–Trinajstić information content (AvgIpc) is 3.26. The third kappa shape index (κ3) is 2.37.